The molecule has 0 radical (unpaired) electrons. The Kier molecular flexibility index (Phi) is 3.26. The Balaban J connectivity index is 3.88. The maximum atomic E-state index is 13.2. The van der Waals surface area contributed by atoms with Gasteiger partial charge >= 0.3 is 34.6 Å². The van der Waals surface area contributed by atoms with Crippen molar-refractivity contribution in [2.45, 2.75) is 34.6 Å². The van der Waals surface area contributed by atoms with Crippen LogP contribution >= 0.6 is 0 Å². The lowest BCUT2D eigenvalue weighted by Gasteiger charge is -2.52. The van der Waals surface area contributed by atoms with Crippen LogP contribution in [0, 0.1) is 0 Å². The zero-order chi connectivity index (χ0) is 16.6. The Morgan fingerprint density at radius 2 is 0.750 bits per heavy atom. The molecular formula is C6F11O2S-. The molecule has 0 spiro atoms. The van der Waals surface area contributed by atoms with Crippen LogP contribution in [0.5, 0.6) is 0 Å². The smallest absolute Gasteiger partial charge is 0.384 e. The van der Waals surface area contributed by atoms with E-state index < -0.39 is 45.7 Å². The molecule has 120 valence electrons. The fourth-order valence-corrected chi connectivity index (χ4v) is 2.08. The third-order valence-electron chi connectivity index (χ3n) is 2.61. The number of halogens is 11. The molecule has 0 bridgehead atoms. The standard InChI is InChI=1S/C6HF11O2S/c7-1(8)2(9,10)4(13,14)6(17,20(18)19)5(15,16)3(1,11)12/h(H,18,19)/p-1. The van der Waals surface area contributed by atoms with E-state index >= 15 is 0 Å². The second-order valence-electron chi connectivity index (χ2n) is 3.70. The van der Waals surface area contributed by atoms with Crippen LogP contribution in [0.1, 0.15) is 0 Å². The second-order valence-corrected chi connectivity index (χ2v) is 4.73. The van der Waals surface area contributed by atoms with Gasteiger partial charge in [-0.25, -0.2) is 4.39 Å². The van der Waals surface area contributed by atoms with E-state index in [1.165, 1.54) is 0 Å². The fourth-order valence-electron chi connectivity index (χ4n) is 1.40. The summed E-state index contributed by atoms with van der Waals surface area (Å²) in [4.78, 5) is 0. The number of rotatable bonds is 1. The van der Waals surface area contributed by atoms with Gasteiger partial charge in [0.25, 0.3) is 0 Å². The molecule has 1 rings (SSSR count). The second kappa shape index (κ2) is 3.75. The summed E-state index contributed by atoms with van der Waals surface area (Å²) in [5, 5.41) is -6.94. The lowest BCUT2D eigenvalue weighted by atomic mass is 9.81. The molecule has 20 heavy (non-hydrogen) atoms. The largest absolute Gasteiger partial charge is 0.770 e. The van der Waals surface area contributed by atoms with Gasteiger partial charge in [0, 0.05) is 0 Å². The zero-order valence-electron chi connectivity index (χ0n) is 8.38. The molecule has 0 aliphatic heterocycles. The molecule has 0 N–H and O–H groups in total. The summed E-state index contributed by atoms with van der Waals surface area (Å²) >= 11 is -5.59. The molecule has 1 atom stereocenters. The van der Waals surface area contributed by atoms with E-state index in [0.717, 1.165) is 0 Å². The van der Waals surface area contributed by atoms with E-state index in [-0.39, 0.29) is 0 Å². The highest BCUT2D eigenvalue weighted by Crippen LogP contribution is 2.69. The van der Waals surface area contributed by atoms with Crippen LogP contribution in [0.3, 0.4) is 0 Å². The van der Waals surface area contributed by atoms with Gasteiger partial charge in [-0.3, -0.25) is 4.21 Å². The highest BCUT2D eigenvalue weighted by Gasteiger charge is 3.01. The van der Waals surface area contributed by atoms with Crippen molar-refractivity contribution in [2.24, 2.45) is 0 Å². The maximum absolute atomic E-state index is 13.2. The van der Waals surface area contributed by atoms with E-state index in [2.05, 4.69) is 0 Å². The molecule has 2 nitrogen and oxygen atoms in total. The van der Waals surface area contributed by atoms with Gasteiger partial charge in [0.05, 0.1) is 0 Å². The van der Waals surface area contributed by atoms with Crippen molar-refractivity contribution in [1.29, 1.82) is 0 Å². The van der Waals surface area contributed by atoms with Crippen molar-refractivity contribution in [1.82, 2.24) is 0 Å². The Morgan fingerprint density at radius 3 is 0.950 bits per heavy atom. The van der Waals surface area contributed by atoms with Gasteiger partial charge < -0.3 is 4.55 Å². The van der Waals surface area contributed by atoms with Gasteiger partial charge in [-0.05, 0) is 11.1 Å². The molecule has 1 aliphatic rings. The summed E-state index contributed by atoms with van der Waals surface area (Å²) < 4.78 is 160. The third kappa shape index (κ3) is 1.31. The summed E-state index contributed by atoms with van der Waals surface area (Å²) in [6.07, 6.45) is 0. The monoisotopic (exact) mass is 345 g/mol. The van der Waals surface area contributed by atoms with Crippen molar-refractivity contribution < 1.29 is 57.1 Å². The molecule has 0 aromatic heterocycles. The first-order valence-corrected chi connectivity index (χ1v) is 5.19. The van der Waals surface area contributed by atoms with E-state index in [1.807, 2.05) is 0 Å². The fraction of sp³-hybridized carbons (Fsp3) is 1.00. The summed E-state index contributed by atoms with van der Waals surface area (Å²) in [5.74, 6) is -36.8. The predicted molar refractivity (Wildman–Crippen MR) is 37.5 cm³/mol. The van der Waals surface area contributed by atoms with E-state index in [9.17, 15) is 57.1 Å². The van der Waals surface area contributed by atoms with Gasteiger partial charge in [0.15, 0.2) is 0 Å². The molecule has 0 aromatic carbocycles. The SMILES string of the molecule is O=S([O-])C1(F)C(F)(F)C(F)(F)C(F)(F)C(F)(F)C1(F)F. The lowest BCUT2D eigenvalue weighted by Crippen LogP contribution is -2.84. The van der Waals surface area contributed by atoms with Crippen molar-refractivity contribution in [3.63, 3.8) is 0 Å². The maximum Gasteiger partial charge on any atom is 0.384 e. The minimum absolute atomic E-state index is 5.59. The van der Waals surface area contributed by atoms with Crippen molar-refractivity contribution in [2.75, 3.05) is 0 Å². The van der Waals surface area contributed by atoms with Gasteiger partial charge in [-0.2, -0.15) is 43.9 Å². The Morgan fingerprint density at radius 1 is 0.550 bits per heavy atom. The van der Waals surface area contributed by atoms with Crippen molar-refractivity contribution in [3.8, 4) is 0 Å². The summed E-state index contributed by atoms with van der Waals surface area (Å²) in [7, 11) is 0. The number of alkyl halides is 11. The van der Waals surface area contributed by atoms with E-state index in [4.69, 9.17) is 0 Å². The van der Waals surface area contributed by atoms with Crippen LogP contribution in [0.2, 0.25) is 0 Å². The average molecular weight is 345 g/mol. The van der Waals surface area contributed by atoms with Gasteiger partial charge in [-0.1, -0.05) is 0 Å². The van der Waals surface area contributed by atoms with Crippen LogP contribution in [-0.2, 0) is 11.1 Å². The quantitative estimate of drug-likeness (QED) is 0.542. The topological polar surface area (TPSA) is 40.1 Å². The van der Waals surface area contributed by atoms with Crippen molar-refractivity contribution >= 4 is 11.1 Å². The predicted octanol–water partition coefficient (Wildman–Crippen LogP) is 2.72. The van der Waals surface area contributed by atoms with Crippen LogP contribution in [-0.4, -0.2) is 43.4 Å². The van der Waals surface area contributed by atoms with Crippen molar-refractivity contribution in [3.05, 3.63) is 0 Å². The van der Waals surface area contributed by atoms with Gasteiger partial charge in [0.1, 0.15) is 0 Å². The van der Waals surface area contributed by atoms with Gasteiger partial charge in [-0.15, -0.1) is 0 Å². The van der Waals surface area contributed by atoms with Crippen LogP contribution < -0.4 is 0 Å². The minimum atomic E-state index is -7.40. The average Bonchev–Trinajstić information content (AvgIpc) is 2.24. The Labute approximate surface area is 104 Å². The van der Waals surface area contributed by atoms with Crippen LogP contribution in [0.4, 0.5) is 48.3 Å². The summed E-state index contributed by atoms with van der Waals surface area (Å²) in [5.41, 5.74) is 0. The Hall–Kier alpha value is -0.660. The first-order valence-electron chi connectivity index (χ1n) is 4.12. The molecule has 1 unspecified atom stereocenters. The Bertz CT molecular complexity index is 428. The molecular weight excluding hydrogens is 345 g/mol. The van der Waals surface area contributed by atoms with Gasteiger partial charge in [0.2, 0.25) is 0 Å². The highest BCUT2D eigenvalue weighted by atomic mass is 32.2. The summed E-state index contributed by atoms with van der Waals surface area (Å²) in [6.45, 7) is 0. The zero-order valence-corrected chi connectivity index (χ0v) is 9.20. The molecule has 0 heterocycles. The normalized spacial score (nSPS) is 33.4. The summed E-state index contributed by atoms with van der Waals surface area (Å²) in [6, 6.07) is 0. The molecule has 1 fully saturated rings. The van der Waals surface area contributed by atoms with E-state index in [0.29, 0.717) is 0 Å². The molecule has 1 aliphatic carbocycles. The van der Waals surface area contributed by atoms with E-state index in [1.54, 1.807) is 0 Å². The van der Waals surface area contributed by atoms with Crippen LogP contribution in [0.25, 0.3) is 0 Å². The lowest BCUT2D eigenvalue weighted by molar-refractivity contribution is -0.470. The highest BCUT2D eigenvalue weighted by molar-refractivity contribution is 7.80. The molecule has 0 saturated heterocycles. The number of hydrogen-bond donors (Lipinski definition) is 0. The number of hydrogen-bond acceptors (Lipinski definition) is 2. The first kappa shape index (κ1) is 17.4. The molecule has 0 amide bonds. The molecule has 0 aromatic rings. The molecule has 14 heteroatoms. The molecule has 1 saturated carbocycles. The van der Waals surface area contributed by atoms with Crippen LogP contribution in [0.15, 0.2) is 0 Å². The first-order chi connectivity index (χ1) is 8.44. The third-order valence-corrected chi connectivity index (χ3v) is 3.59. The minimum Gasteiger partial charge on any atom is -0.770 e.